The van der Waals surface area contributed by atoms with Crippen LogP contribution in [0.2, 0.25) is 5.02 Å². The molecule has 0 aliphatic carbocycles. The van der Waals surface area contributed by atoms with Crippen molar-refractivity contribution in [3.63, 3.8) is 0 Å². The highest BCUT2D eigenvalue weighted by Crippen LogP contribution is 2.26. The third kappa shape index (κ3) is 4.40. The van der Waals surface area contributed by atoms with Crippen molar-refractivity contribution in [1.29, 1.82) is 0 Å². The molecule has 0 bridgehead atoms. The Morgan fingerprint density at radius 1 is 1.10 bits per heavy atom. The minimum Gasteiger partial charge on any atom is -0.492 e. The quantitative estimate of drug-likeness (QED) is 0.776. The zero-order valence-corrected chi connectivity index (χ0v) is 13.6. The third-order valence-electron chi connectivity index (χ3n) is 3.33. The lowest BCUT2D eigenvalue weighted by atomic mass is 10.1. The number of hydrogen-bond acceptors (Lipinski definition) is 2. The van der Waals surface area contributed by atoms with Crippen molar-refractivity contribution in [1.82, 2.24) is 0 Å². The van der Waals surface area contributed by atoms with Crippen LogP contribution < -0.4 is 10.1 Å². The van der Waals surface area contributed by atoms with Crippen molar-refractivity contribution >= 4 is 17.3 Å². The van der Waals surface area contributed by atoms with E-state index in [4.69, 9.17) is 16.3 Å². The molecule has 0 atom stereocenters. The molecular formula is C18H22ClNO. The fourth-order valence-corrected chi connectivity index (χ4v) is 2.36. The molecule has 0 unspecified atom stereocenters. The van der Waals surface area contributed by atoms with Crippen LogP contribution in [0.5, 0.6) is 5.75 Å². The highest BCUT2D eigenvalue weighted by Gasteiger charge is 2.04. The number of hydrogen-bond donors (Lipinski definition) is 1. The van der Waals surface area contributed by atoms with Crippen molar-refractivity contribution in [2.75, 3.05) is 11.9 Å². The molecule has 0 spiro atoms. The largest absolute Gasteiger partial charge is 0.492 e. The highest BCUT2D eigenvalue weighted by atomic mass is 35.5. The molecule has 2 rings (SSSR count). The van der Waals surface area contributed by atoms with Crippen molar-refractivity contribution in [2.24, 2.45) is 0 Å². The summed E-state index contributed by atoms with van der Waals surface area (Å²) in [7, 11) is 0. The van der Waals surface area contributed by atoms with Gasteiger partial charge in [-0.3, -0.25) is 0 Å². The molecule has 0 aliphatic heterocycles. The lowest BCUT2D eigenvalue weighted by Gasteiger charge is -2.12. The summed E-state index contributed by atoms with van der Waals surface area (Å²) >= 11 is 6.25. The smallest absolute Gasteiger partial charge is 0.137 e. The van der Waals surface area contributed by atoms with E-state index in [1.54, 1.807) is 0 Å². The molecule has 0 saturated carbocycles. The predicted octanol–water partition coefficient (Wildman–Crippen LogP) is 5.36. The first-order valence-electron chi connectivity index (χ1n) is 7.32. The zero-order chi connectivity index (χ0) is 15.2. The predicted molar refractivity (Wildman–Crippen MR) is 90.5 cm³/mol. The summed E-state index contributed by atoms with van der Waals surface area (Å²) in [6.07, 6.45) is 0.978. The number of benzene rings is 2. The van der Waals surface area contributed by atoms with Crippen LogP contribution >= 0.6 is 11.6 Å². The van der Waals surface area contributed by atoms with Gasteiger partial charge >= 0.3 is 0 Å². The van der Waals surface area contributed by atoms with E-state index in [9.17, 15) is 0 Å². The number of anilines is 1. The number of ether oxygens (including phenoxy) is 1. The molecule has 0 radical (unpaired) electrons. The topological polar surface area (TPSA) is 21.3 Å². The summed E-state index contributed by atoms with van der Waals surface area (Å²) in [6, 6.07) is 12.4. The van der Waals surface area contributed by atoms with E-state index in [0.29, 0.717) is 11.6 Å². The summed E-state index contributed by atoms with van der Waals surface area (Å²) in [5, 5.41) is 4.13. The molecule has 2 nitrogen and oxygen atoms in total. The SMILES string of the molecule is CCCOc1ccc(CNc2cc(C)ccc2C)cc1Cl. The van der Waals surface area contributed by atoms with Crippen LogP contribution in [0.3, 0.4) is 0 Å². The third-order valence-corrected chi connectivity index (χ3v) is 3.63. The van der Waals surface area contributed by atoms with Gasteiger partial charge in [-0.25, -0.2) is 0 Å². The van der Waals surface area contributed by atoms with Crippen LogP contribution in [0.15, 0.2) is 36.4 Å². The summed E-state index contributed by atoms with van der Waals surface area (Å²) < 4.78 is 5.59. The number of rotatable bonds is 6. The monoisotopic (exact) mass is 303 g/mol. The van der Waals surface area contributed by atoms with Crippen LogP contribution in [0, 0.1) is 13.8 Å². The summed E-state index contributed by atoms with van der Waals surface area (Å²) in [5.41, 5.74) is 4.81. The molecule has 21 heavy (non-hydrogen) atoms. The lowest BCUT2D eigenvalue weighted by Crippen LogP contribution is -2.02. The molecule has 0 fully saturated rings. The van der Waals surface area contributed by atoms with Crippen molar-refractivity contribution in [3.05, 3.63) is 58.1 Å². The number of aryl methyl sites for hydroxylation is 2. The van der Waals surface area contributed by atoms with Crippen LogP contribution in [-0.2, 0) is 6.54 Å². The van der Waals surface area contributed by atoms with Gasteiger partial charge in [-0.15, -0.1) is 0 Å². The Morgan fingerprint density at radius 2 is 1.90 bits per heavy atom. The summed E-state index contributed by atoms with van der Waals surface area (Å²) in [4.78, 5) is 0. The van der Waals surface area contributed by atoms with Gasteiger partial charge in [0.1, 0.15) is 5.75 Å². The molecule has 0 heterocycles. The average Bonchev–Trinajstić information content (AvgIpc) is 2.47. The Hall–Kier alpha value is -1.67. The van der Waals surface area contributed by atoms with Gasteiger partial charge in [0.2, 0.25) is 0 Å². The maximum Gasteiger partial charge on any atom is 0.137 e. The van der Waals surface area contributed by atoms with E-state index in [-0.39, 0.29) is 0 Å². The molecule has 0 aliphatic rings. The Morgan fingerprint density at radius 3 is 2.62 bits per heavy atom. The standard InChI is InChI=1S/C18H22ClNO/c1-4-9-21-18-8-7-15(11-16(18)19)12-20-17-10-13(2)5-6-14(17)3/h5-8,10-11,20H,4,9,12H2,1-3H3. The Balaban J connectivity index is 2.03. The van der Waals surface area contributed by atoms with Gasteiger partial charge in [-0.2, -0.15) is 0 Å². The van der Waals surface area contributed by atoms with E-state index in [1.807, 2.05) is 12.1 Å². The maximum atomic E-state index is 6.25. The van der Waals surface area contributed by atoms with E-state index in [0.717, 1.165) is 30.0 Å². The molecule has 2 aromatic carbocycles. The molecule has 0 amide bonds. The Bertz CT molecular complexity index is 610. The van der Waals surface area contributed by atoms with Gasteiger partial charge in [0, 0.05) is 12.2 Å². The number of halogens is 1. The first-order chi connectivity index (χ1) is 10.1. The van der Waals surface area contributed by atoms with Gasteiger partial charge in [0.25, 0.3) is 0 Å². The van der Waals surface area contributed by atoms with Gasteiger partial charge in [0.05, 0.1) is 11.6 Å². The van der Waals surface area contributed by atoms with Crippen LogP contribution in [-0.4, -0.2) is 6.61 Å². The normalized spacial score (nSPS) is 10.5. The highest BCUT2D eigenvalue weighted by molar-refractivity contribution is 6.32. The minimum absolute atomic E-state index is 0.670. The Kier molecular flexibility index (Phi) is 5.51. The fourth-order valence-electron chi connectivity index (χ4n) is 2.11. The fraction of sp³-hybridized carbons (Fsp3) is 0.333. The molecule has 1 N–H and O–H groups in total. The van der Waals surface area contributed by atoms with Gasteiger partial charge < -0.3 is 10.1 Å². The van der Waals surface area contributed by atoms with Gasteiger partial charge in [0.15, 0.2) is 0 Å². The molecular weight excluding hydrogens is 282 g/mol. The number of nitrogens with one attached hydrogen (secondary N) is 1. The van der Waals surface area contributed by atoms with E-state index >= 15 is 0 Å². The molecule has 0 saturated heterocycles. The second-order valence-electron chi connectivity index (χ2n) is 5.29. The van der Waals surface area contributed by atoms with Crippen molar-refractivity contribution < 1.29 is 4.74 Å². The first-order valence-corrected chi connectivity index (χ1v) is 7.70. The van der Waals surface area contributed by atoms with Crippen molar-refractivity contribution in [3.8, 4) is 5.75 Å². The molecule has 112 valence electrons. The van der Waals surface area contributed by atoms with E-state index < -0.39 is 0 Å². The molecule has 0 aromatic heterocycles. The van der Waals surface area contributed by atoms with E-state index in [2.05, 4.69) is 50.4 Å². The average molecular weight is 304 g/mol. The second-order valence-corrected chi connectivity index (χ2v) is 5.69. The minimum atomic E-state index is 0.670. The molecule has 2 aromatic rings. The van der Waals surface area contributed by atoms with Gasteiger partial charge in [-0.05, 0) is 55.2 Å². The summed E-state index contributed by atoms with van der Waals surface area (Å²) in [6.45, 7) is 7.73. The second kappa shape index (κ2) is 7.37. The molecule has 3 heteroatoms. The van der Waals surface area contributed by atoms with Crippen LogP contribution in [0.25, 0.3) is 0 Å². The van der Waals surface area contributed by atoms with Crippen LogP contribution in [0.4, 0.5) is 5.69 Å². The lowest BCUT2D eigenvalue weighted by molar-refractivity contribution is 0.317. The first kappa shape index (κ1) is 15.7. The van der Waals surface area contributed by atoms with Crippen molar-refractivity contribution in [2.45, 2.75) is 33.7 Å². The van der Waals surface area contributed by atoms with E-state index in [1.165, 1.54) is 11.1 Å². The van der Waals surface area contributed by atoms with Crippen LogP contribution in [0.1, 0.15) is 30.0 Å². The zero-order valence-electron chi connectivity index (χ0n) is 12.9. The van der Waals surface area contributed by atoms with Gasteiger partial charge in [-0.1, -0.05) is 36.7 Å². The maximum absolute atomic E-state index is 6.25. The Labute approximate surface area is 132 Å². The summed E-state index contributed by atoms with van der Waals surface area (Å²) in [5.74, 6) is 0.758.